The lowest BCUT2D eigenvalue weighted by Crippen LogP contribution is -2.16. The lowest BCUT2D eigenvalue weighted by Gasteiger charge is -2.20. The zero-order valence-electron chi connectivity index (χ0n) is 14.0. The Morgan fingerprint density at radius 3 is 2.32 bits per heavy atom. The van der Waals surface area contributed by atoms with Gasteiger partial charge >= 0.3 is 0 Å². The van der Waals surface area contributed by atoms with Crippen LogP contribution in [0.25, 0.3) is 0 Å². The Hall–Kier alpha value is -2.00. The van der Waals surface area contributed by atoms with Crippen LogP contribution < -0.4 is 15.4 Å². The van der Waals surface area contributed by atoms with Crippen molar-refractivity contribution in [1.29, 1.82) is 0 Å². The van der Waals surface area contributed by atoms with E-state index in [9.17, 15) is 0 Å². The van der Waals surface area contributed by atoms with Crippen molar-refractivity contribution in [2.24, 2.45) is 5.73 Å². The van der Waals surface area contributed by atoms with Gasteiger partial charge in [-0.05, 0) is 49.2 Å². The molecule has 0 amide bonds. The average Bonchev–Trinajstić information content (AvgIpc) is 2.53. The topological polar surface area (TPSA) is 38.5 Å². The van der Waals surface area contributed by atoms with Gasteiger partial charge in [-0.1, -0.05) is 29.8 Å². The molecule has 2 aromatic rings. The van der Waals surface area contributed by atoms with E-state index in [0.717, 1.165) is 12.2 Å². The Morgan fingerprint density at radius 2 is 1.77 bits per heavy atom. The van der Waals surface area contributed by atoms with E-state index in [1.165, 1.54) is 22.4 Å². The third-order valence-electron chi connectivity index (χ3n) is 4.04. The molecule has 0 aromatic heterocycles. The highest BCUT2D eigenvalue weighted by molar-refractivity contribution is 5.47. The smallest absolute Gasteiger partial charge is 0.122 e. The number of methoxy groups -OCH3 is 1. The van der Waals surface area contributed by atoms with E-state index in [1.54, 1.807) is 7.11 Å². The second kappa shape index (κ2) is 7.32. The van der Waals surface area contributed by atoms with Crippen molar-refractivity contribution < 1.29 is 4.74 Å². The van der Waals surface area contributed by atoms with Crippen LogP contribution in [0.15, 0.2) is 42.5 Å². The van der Waals surface area contributed by atoms with Gasteiger partial charge in [0.1, 0.15) is 5.75 Å². The predicted molar refractivity (Wildman–Crippen MR) is 94.0 cm³/mol. The zero-order valence-corrected chi connectivity index (χ0v) is 14.0. The van der Waals surface area contributed by atoms with Crippen molar-refractivity contribution in [3.63, 3.8) is 0 Å². The minimum Gasteiger partial charge on any atom is -0.496 e. The van der Waals surface area contributed by atoms with Crippen molar-refractivity contribution in [1.82, 2.24) is 0 Å². The van der Waals surface area contributed by atoms with Crippen molar-refractivity contribution in [2.75, 3.05) is 32.6 Å². The number of aryl methyl sites for hydroxylation is 1. The second-order valence-corrected chi connectivity index (χ2v) is 5.94. The van der Waals surface area contributed by atoms with Crippen molar-refractivity contribution in [3.8, 4) is 5.75 Å². The highest BCUT2D eigenvalue weighted by Gasteiger charge is 2.16. The Labute approximate surface area is 133 Å². The quantitative estimate of drug-likeness (QED) is 0.889. The van der Waals surface area contributed by atoms with Crippen LogP contribution in [0.2, 0.25) is 0 Å². The highest BCUT2D eigenvalue weighted by atomic mass is 16.5. The summed E-state index contributed by atoms with van der Waals surface area (Å²) in [5.41, 5.74) is 11.0. The van der Waals surface area contributed by atoms with E-state index < -0.39 is 0 Å². The van der Waals surface area contributed by atoms with Crippen LogP contribution in [-0.2, 0) is 6.42 Å². The van der Waals surface area contributed by atoms with Gasteiger partial charge in [0.2, 0.25) is 0 Å². The summed E-state index contributed by atoms with van der Waals surface area (Å²) in [6, 6.07) is 14.9. The summed E-state index contributed by atoms with van der Waals surface area (Å²) in [7, 11) is 5.82. The summed E-state index contributed by atoms with van der Waals surface area (Å²) < 4.78 is 5.51. The van der Waals surface area contributed by atoms with Crippen molar-refractivity contribution >= 4 is 5.69 Å². The molecule has 2 rings (SSSR count). The van der Waals surface area contributed by atoms with Crippen LogP contribution in [0, 0.1) is 6.92 Å². The molecule has 0 fully saturated rings. The fourth-order valence-electron chi connectivity index (χ4n) is 2.71. The molecule has 22 heavy (non-hydrogen) atoms. The first-order valence-corrected chi connectivity index (χ1v) is 7.66. The molecule has 2 aromatic carbocycles. The van der Waals surface area contributed by atoms with E-state index in [2.05, 4.69) is 62.3 Å². The molecule has 0 aliphatic rings. The molecule has 0 saturated heterocycles. The van der Waals surface area contributed by atoms with Gasteiger partial charge in [-0.25, -0.2) is 0 Å². The maximum Gasteiger partial charge on any atom is 0.122 e. The number of nitrogens with zero attached hydrogens (tertiary/aromatic N) is 1. The SMILES string of the molecule is COc1ccc(C)cc1C(CN)Cc1ccc(N(C)C)cc1. The Balaban J connectivity index is 2.23. The van der Waals surface area contributed by atoms with Gasteiger partial charge in [0, 0.05) is 25.7 Å². The number of ether oxygens (including phenoxy) is 1. The van der Waals surface area contributed by atoms with Gasteiger partial charge < -0.3 is 15.4 Å². The molecule has 0 aliphatic heterocycles. The number of nitrogens with two attached hydrogens (primary N) is 1. The monoisotopic (exact) mass is 298 g/mol. The number of rotatable bonds is 6. The Morgan fingerprint density at radius 1 is 1.09 bits per heavy atom. The van der Waals surface area contributed by atoms with Crippen molar-refractivity contribution in [2.45, 2.75) is 19.3 Å². The molecular weight excluding hydrogens is 272 g/mol. The normalized spacial score (nSPS) is 12.0. The van der Waals surface area contributed by atoms with Gasteiger partial charge in [-0.2, -0.15) is 0 Å². The van der Waals surface area contributed by atoms with Gasteiger partial charge in [0.25, 0.3) is 0 Å². The maximum atomic E-state index is 6.04. The fraction of sp³-hybridized carbons (Fsp3) is 0.368. The molecule has 0 aliphatic carbocycles. The van der Waals surface area contributed by atoms with Gasteiger partial charge in [-0.15, -0.1) is 0 Å². The van der Waals surface area contributed by atoms with Crippen molar-refractivity contribution in [3.05, 3.63) is 59.2 Å². The molecule has 3 heteroatoms. The predicted octanol–water partition coefficient (Wildman–Crippen LogP) is 3.35. The molecule has 0 heterocycles. The average molecular weight is 298 g/mol. The van der Waals surface area contributed by atoms with E-state index in [1.807, 2.05) is 6.07 Å². The summed E-state index contributed by atoms with van der Waals surface area (Å²) in [4.78, 5) is 2.10. The molecule has 1 atom stereocenters. The van der Waals surface area contributed by atoms with E-state index in [0.29, 0.717) is 6.54 Å². The van der Waals surface area contributed by atoms with E-state index in [4.69, 9.17) is 10.5 Å². The standard InChI is InChI=1S/C19H26N2O/c1-14-5-10-19(22-4)18(11-14)16(13-20)12-15-6-8-17(9-7-15)21(2)3/h5-11,16H,12-13,20H2,1-4H3. The molecule has 0 saturated carbocycles. The number of anilines is 1. The summed E-state index contributed by atoms with van der Waals surface area (Å²) in [6.45, 7) is 2.71. The first-order chi connectivity index (χ1) is 10.5. The number of hydrogen-bond acceptors (Lipinski definition) is 3. The summed E-state index contributed by atoms with van der Waals surface area (Å²) in [5.74, 6) is 1.19. The summed E-state index contributed by atoms with van der Waals surface area (Å²) in [6.07, 6.45) is 0.921. The van der Waals surface area contributed by atoms with Crippen LogP contribution in [-0.4, -0.2) is 27.7 Å². The summed E-state index contributed by atoms with van der Waals surface area (Å²) >= 11 is 0. The van der Waals surface area contributed by atoms with Crippen LogP contribution in [0.5, 0.6) is 5.75 Å². The minimum atomic E-state index is 0.264. The molecule has 1 unspecified atom stereocenters. The molecule has 0 radical (unpaired) electrons. The Kier molecular flexibility index (Phi) is 5.45. The van der Waals surface area contributed by atoms with Crippen LogP contribution in [0.4, 0.5) is 5.69 Å². The molecule has 3 nitrogen and oxygen atoms in total. The maximum absolute atomic E-state index is 6.04. The first-order valence-electron chi connectivity index (χ1n) is 7.66. The van der Waals surface area contributed by atoms with E-state index in [-0.39, 0.29) is 5.92 Å². The second-order valence-electron chi connectivity index (χ2n) is 5.94. The lowest BCUT2D eigenvalue weighted by molar-refractivity contribution is 0.405. The first kappa shape index (κ1) is 16.4. The molecule has 0 bridgehead atoms. The van der Waals surface area contributed by atoms with Crippen LogP contribution in [0.3, 0.4) is 0 Å². The zero-order chi connectivity index (χ0) is 16.1. The molecule has 118 valence electrons. The summed E-state index contributed by atoms with van der Waals surface area (Å²) in [5, 5.41) is 0. The lowest BCUT2D eigenvalue weighted by atomic mass is 9.90. The Bertz CT molecular complexity index is 605. The number of benzene rings is 2. The molecule has 2 N–H and O–H groups in total. The van der Waals surface area contributed by atoms with Gasteiger partial charge in [0.05, 0.1) is 7.11 Å². The molecule has 0 spiro atoms. The fourth-order valence-corrected chi connectivity index (χ4v) is 2.71. The third kappa shape index (κ3) is 3.80. The van der Waals surface area contributed by atoms with Gasteiger partial charge in [-0.3, -0.25) is 0 Å². The minimum absolute atomic E-state index is 0.264. The molecular formula is C19H26N2O. The number of hydrogen-bond donors (Lipinski definition) is 1. The van der Waals surface area contributed by atoms with Crippen LogP contribution >= 0.6 is 0 Å². The third-order valence-corrected chi connectivity index (χ3v) is 4.04. The van der Waals surface area contributed by atoms with E-state index >= 15 is 0 Å². The largest absolute Gasteiger partial charge is 0.496 e. The highest BCUT2D eigenvalue weighted by Crippen LogP contribution is 2.30. The van der Waals surface area contributed by atoms with Crippen LogP contribution in [0.1, 0.15) is 22.6 Å². The van der Waals surface area contributed by atoms with Gasteiger partial charge in [0.15, 0.2) is 0 Å².